The SMILES string of the molecule is CC1CC(C)CC(NC(=O)CCOc2ccc(N)cc2)C1. The van der Waals surface area contributed by atoms with Crippen LogP contribution in [0.15, 0.2) is 24.3 Å². The van der Waals surface area contributed by atoms with E-state index in [1.807, 2.05) is 12.1 Å². The smallest absolute Gasteiger partial charge is 0.223 e. The third-order valence-corrected chi connectivity index (χ3v) is 4.02. The Hall–Kier alpha value is -1.71. The summed E-state index contributed by atoms with van der Waals surface area (Å²) < 4.78 is 5.55. The molecule has 0 radical (unpaired) electrons. The van der Waals surface area contributed by atoms with Crippen LogP contribution in [-0.4, -0.2) is 18.6 Å². The molecule has 0 saturated heterocycles. The Morgan fingerprint density at radius 2 is 1.81 bits per heavy atom. The zero-order chi connectivity index (χ0) is 15.2. The fraction of sp³-hybridized carbons (Fsp3) is 0.588. The predicted octanol–water partition coefficient (Wildman–Crippen LogP) is 2.98. The van der Waals surface area contributed by atoms with Crippen LogP contribution < -0.4 is 15.8 Å². The van der Waals surface area contributed by atoms with E-state index in [-0.39, 0.29) is 5.91 Å². The first kappa shape index (κ1) is 15.7. The molecule has 3 N–H and O–H groups in total. The summed E-state index contributed by atoms with van der Waals surface area (Å²) in [6.07, 6.45) is 3.85. The number of carbonyl (C=O) groups is 1. The normalized spacial score (nSPS) is 25.3. The van der Waals surface area contributed by atoms with Crippen molar-refractivity contribution in [2.75, 3.05) is 12.3 Å². The zero-order valence-electron chi connectivity index (χ0n) is 13.0. The van der Waals surface area contributed by atoms with E-state index in [9.17, 15) is 4.79 Å². The molecule has 0 aromatic heterocycles. The van der Waals surface area contributed by atoms with Crippen LogP contribution in [0.5, 0.6) is 5.75 Å². The summed E-state index contributed by atoms with van der Waals surface area (Å²) in [6.45, 7) is 4.92. The molecule has 2 unspecified atom stereocenters. The molecule has 116 valence electrons. The first-order chi connectivity index (χ1) is 10.0. The lowest BCUT2D eigenvalue weighted by Crippen LogP contribution is -2.40. The maximum absolute atomic E-state index is 12.0. The monoisotopic (exact) mass is 290 g/mol. The van der Waals surface area contributed by atoms with Crippen molar-refractivity contribution < 1.29 is 9.53 Å². The standard InChI is InChI=1S/C17H26N2O2/c1-12-9-13(2)11-15(10-12)19-17(20)7-8-21-16-5-3-14(18)4-6-16/h3-6,12-13,15H,7-11,18H2,1-2H3,(H,19,20). The number of carbonyl (C=O) groups excluding carboxylic acids is 1. The Morgan fingerprint density at radius 1 is 1.19 bits per heavy atom. The zero-order valence-corrected chi connectivity index (χ0v) is 13.0. The predicted molar refractivity (Wildman–Crippen MR) is 85.1 cm³/mol. The second-order valence-corrected chi connectivity index (χ2v) is 6.35. The molecule has 1 amide bonds. The Kier molecular flexibility index (Phi) is 5.48. The van der Waals surface area contributed by atoms with Crippen LogP contribution in [0.3, 0.4) is 0 Å². The molecule has 21 heavy (non-hydrogen) atoms. The van der Waals surface area contributed by atoms with E-state index in [1.54, 1.807) is 12.1 Å². The van der Waals surface area contributed by atoms with Crippen molar-refractivity contribution >= 4 is 11.6 Å². The summed E-state index contributed by atoms with van der Waals surface area (Å²) in [7, 11) is 0. The van der Waals surface area contributed by atoms with Gasteiger partial charge in [-0.05, 0) is 55.4 Å². The Morgan fingerprint density at radius 3 is 2.43 bits per heavy atom. The molecule has 0 heterocycles. The molecular formula is C17H26N2O2. The lowest BCUT2D eigenvalue weighted by atomic mass is 9.80. The molecule has 2 rings (SSSR count). The fourth-order valence-corrected chi connectivity index (χ4v) is 3.19. The maximum atomic E-state index is 12.0. The van der Waals surface area contributed by atoms with Gasteiger partial charge in [0.25, 0.3) is 0 Å². The summed E-state index contributed by atoms with van der Waals surface area (Å²) in [5.41, 5.74) is 6.32. The first-order valence-electron chi connectivity index (χ1n) is 7.80. The summed E-state index contributed by atoms with van der Waals surface area (Å²) >= 11 is 0. The topological polar surface area (TPSA) is 64.3 Å². The highest BCUT2D eigenvalue weighted by Gasteiger charge is 2.24. The molecule has 1 aromatic rings. The van der Waals surface area contributed by atoms with Gasteiger partial charge in [0.05, 0.1) is 13.0 Å². The van der Waals surface area contributed by atoms with E-state index >= 15 is 0 Å². The maximum Gasteiger partial charge on any atom is 0.223 e. The van der Waals surface area contributed by atoms with Gasteiger partial charge >= 0.3 is 0 Å². The molecule has 4 nitrogen and oxygen atoms in total. The molecule has 0 bridgehead atoms. The molecule has 4 heteroatoms. The van der Waals surface area contributed by atoms with Crippen LogP contribution in [0.25, 0.3) is 0 Å². The third kappa shape index (κ3) is 5.29. The van der Waals surface area contributed by atoms with Gasteiger partial charge in [-0.15, -0.1) is 0 Å². The van der Waals surface area contributed by atoms with E-state index in [1.165, 1.54) is 6.42 Å². The van der Waals surface area contributed by atoms with Gasteiger partial charge < -0.3 is 15.8 Å². The van der Waals surface area contributed by atoms with Crippen molar-refractivity contribution in [1.29, 1.82) is 0 Å². The highest BCUT2D eigenvalue weighted by atomic mass is 16.5. The minimum atomic E-state index is 0.0803. The van der Waals surface area contributed by atoms with Crippen molar-refractivity contribution in [2.45, 2.75) is 45.6 Å². The van der Waals surface area contributed by atoms with Gasteiger partial charge in [-0.2, -0.15) is 0 Å². The van der Waals surface area contributed by atoms with Crippen LogP contribution in [0.1, 0.15) is 39.5 Å². The Labute approximate surface area is 127 Å². The largest absolute Gasteiger partial charge is 0.493 e. The summed E-state index contributed by atoms with van der Waals surface area (Å²) in [4.78, 5) is 12.0. The minimum Gasteiger partial charge on any atom is -0.493 e. The molecule has 1 fully saturated rings. The number of hydrogen-bond donors (Lipinski definition) is 2. The Balaban J connectivity index is 1.68. The number of ether oxygens (including phenoxy) is 1. The molecule has 0 aliphatic heterocycles. The summed E-state index contributed by atoms with van der Waals surface area (Å²) in [5.74, 6) is 2.23. The molecule has 2 atom stereocenters. The molecule has 1 aliphatic carbocycles. The summed E-state index contributed by atoms with van der Waals surface area (Å²) in [5, 5.41) is 3.14. The minimum absolute atomic E-state index is 0.0803. The van der Waals surface area contributed by atoms with Gasteiger partial charge in [-0.3, -0.25) is 4.79 Å². The Bertz CT molecular complexity index is 448. The second kappa shape index (κ2) is 7.34. The number of nitrogen functional groups attached to an aromatic ring is 1. The number of nitrogens with one attached hydrogen (secondary N) is 1. The van der Waals surface area contributed by atoms with E-state index in [0.717, 1.165) is 18.6 Å². The number of amides is 1. The quantitative estimate of drug-likeness (QED) is 0.819. The van der Waals surface area contributed by atoms with Gasteiger partial charge in [-0.25, -0.2) is 0 Å². The number of nitrogens with two attached hydrogens (primary N) is 1. The van der Waals surface area contributed by atoms with Gasteiger partial charge in [-0.1, -0.05) is 13.8 Å². The van der Waals surface area contributed by atoms with Crippen molar-refractivity contribution in [2.24, 2.45) is 11.8 Å². The van der Waals surface area contributed by atoms with Crippen molar-refractivity contribution in [3.05, 3.63) is 24.3 Å². The van der Waals surface area contributed by atoms with Crippen LogP contribution in [0.4, 0.5) is 5.69 Å². The second-order valence-electron chi connectivity index (χ2n) is 6.35. The fourth-order valence-electron chi connectivity index (χ4n) is 3.19. The third-order valence-electron chi connectivity index (χ3n) is 4.02. The van der Waals surface area contributed by atoms with E-state index < -0.39 is 0 Å². The summed E-state index contributed by atoms with van der Waals surface area (Å²) in [6, 6.07) is 7.54. The van der Waals surface area contributed by atoms with Crippen LogP contribution in [0, 0.1) is 11.8 Å². The van der Waals surface area contributed by atoms with Crippen LogP contribution in [0.2, 0.25) is 0 Å². The highest BCUT2D eigenvalue weighted by Crippen LogP contribution is 2.28. The van der Waals surface area contributed by atoms with E-state index in [4.69, 9.17) is 10.5 Å². The first-order valence-corrected chi connectivity index (χ1v) is 7.80. The number of anilines is 1. The highest BCUT2D eigenvalue weighted by molar-refractivity contribution is 5.76. The van der Waals surface area contributed by atoms with Crippen LogP contribution in [-0.2, 0) is 4.79 Å². The average molecular weight is 290 g/mol. The molecule has 0 spiro atoms. The molecule has 1 saturated carbocycles. The van der Waals surface area contributed by atoms with E-state index in [2.05, 4.69) is 19.2 Å². The van der Waals surface area contributed by atoms with Crippen molar-refractivity contribution in [3.63, 3.8) is 0 Å². The lowest BCUT2D eigenvalue weighted by Gasteiger charge is -2.31. The number of rotatable bonds is 5. The molecule has 1 aromatic carbocycles. The average Bonchev–Trinajstić information content (AvgIpc) is 2.39. The van der Waals surface area contributed by atoms with Gasteiger partial charge in [0.1, 0.15) is 5.75 Å². The van der Waals surface area contributed by atoms with E-state index in [0.29, 0.717) is 36.6 Å². The van der Waals surface area contributed by atoms with Crippen LogP contribution >= 0.6 is 0 Å². The van der Waals surface area contributed by atoms with Gasteiger partial charge in [0.2, 0.25) is 5.91 Å². The van der Waals surface area contributed by atoms with Gasteiger partial charge in [0, 0.05) is 11.7 Å². The lowest BCUT2D eigenvalue weighted by molar-refractivity contribution is -0.122. The number of benzene rings is 1. The van der Waals surface area contributed by atoms with Gasteiger partial charge in [0.15, 0.2) is 0 Å². The molecule has 1 aliphatic rings. The number of hydrogen-bond acceptors (Lipinski definition) is 3. The molecular weight excluding hydrogens is 264 g/mol. The van der Waals surface area contributed by atoms with Crippen molar-refractivity contribution in [3.8, 4) is 5.75 Å². The van der Waals surface area contributed by atoms with Crippen molar-refractivity contribution in [1.82, 2.24) is 5.32 Å².